The molecule has 5 nitrogen and oxygen atoms in total. The van der Waals surface area contributed by atoms with Crippen molar-refractivity contribution in [2.75, 3.05) is 13.1 Å². The molecule has 0 aliphatic carbocycles. The van der Waals surface area contributed by atoms with E-state index in [0.717, 1.165) is 43.3 Å². The summed E-state index contributed by atoms with van der Waals surface area (Å²) in [5.41, 5.74) is 2.49. The van der Waals surface area contributed by atoms with Crippen LogP contribution in [0.25, 0.3) is 5.82 Å². The molecule has 1 fully saturated rings. The summed E-state index contributed by atoms with van der Waals surface area (Å²) in [5.74, 6) is 1.79. The van der Waals surface area contributed by atoms with Crippen molar-refractivity contribution in [3.63, 3.8) is 0 Å². The number of hydrogen-bond acceptors (Lipinski definition) is 4. The predicted octanol–water partition coefficient (Wildman–Crippen LogP) is 3.74. The van der Waals surface area contributed by atoms with Gasteiger partial charge in [0.15, 0.2) is 5.82 Å². The Kier molecular flexibility index (Phi) is 5.07. The van der Waals surface area contributed by atoms with E-state index in [4.69, 9.17) is 4.98 Å². The molecular weight excluding hydrogens is 322 g/mol. The first-order valence-corrected chi connectivity index (χ1v) is 9.41. The average molecular weight is 347 g/mol. The minimum Gasteiger partial charge on any atom is -0.295 e. The third-order valence-electron chi connectivity index (χ3n) is 5.17. The Bertz CT molecular complexity index is 842. The van der Waals surface area contributed by atoms with Gasteiger partial charge in [-0.3, -0.25) is 14.5 Å². The van der Waals surface area contributed by atoms with Crippen molar-refractivity contribution in [3.8, 4) is 5.82 Å². The zero-order chi connectivity index (χ0) is 17.8. The lowest BCUT2D eigenvalue weighted by atomic mass is 10.1. The molecule has 0 amide bonds. The maximum atomic E-state index is 4.89. The van der Waals surface area contributed by atoms with Crippen molar-refractivity contribution in [3.05, 3.63) is 72.2 Å². The van der Waals surface area contributed by atoms with Gasteiger partial charge in [0.2, 0.25) is 0 Å². The predicted molar refractivity (Wildman–Crippen MR) is 102 cm³/mol. The third-order valence-corrected chi connectivity index (χ3v) is 5.17. The molecular formula is C21H25N5. The van der Waals surface area contributed by atoms with Crippen molar-refractivity contribution in [1.29, 1.82) is 0 Å². The number of aryl methyl sites for hydroxylation is 2. The second-order valence-electron chi connectivity index (χ2n) is 6.93. The number of aromatic nitrogens is 4. The highest BCUT2D eigenvalue weighted by molar-refractivity contribution is 5.23. The van der Waals surface area contributed by atoms with Crippen molar-refractivity contribution in [1.82, 2.24) is 24.4 Å². The molecule has 26 heavy (non-hydrogen) atoms. The molecule has 1 atom stereocenters. The minimum atomic E-state index is 0.377. The van der Waals surface area contributed by atoms with Gasteiger partial charge in [0.25, 0.3) is 0 Å². The molecule has 1 aliphatic rings. The molecule has 1 aromatic carbocycles. The molecule has 3 aromatic rings. The molecule has 2 aromatic heterocycles. The molecule has 4 rings (SSSR count). The molecule has 0 saturated carbocycles. The number of benzene rings is 1. The quantitative estimate of drug-likeness (QED) is 0.681. The van der Waals surface area contributed by atoms with Crippen LogP contribution in [0.1, 0.15) is 42.4 Å². The maximum absolute atomic E-state index is 4.89. The van der Waals surface area contributed by atoms with Gasteiger partial charge in [-0.25, -0.2) is 9.97 Å². The topological polar surface area (TPSA) is 46.8 Å². The third kappa shape index (κ3) is 3.68. The molecule has 5 heteroatoms. The smallest absolute Gasteiger partial charge is 0.156 e. The number of hydrogen-bond donors (Lipinski definition) is 0. The molecule has 1 unspecified atom stereocenters. The zero-order valence-corrected chi connectivity index (χ0v) is 15.3. The fraction of sp³-hybridized carbons (Fsp3) is 0.381. The van der Waals surface area contributed by atoms with Gasteiger partial charge in [0.05, 0.1) is 24.1 Å². The molecule has 3 heterocycles. The summed E-state index contributed by atoms with van der Waals surface area (Å²) >= 11 is 0. The van der Waals surface area contributed by atoms with Gasteiger partial charge in [-0.05, 0) is 51.3 Å². The Balaban J connectivity index is 1.44. The van der Waals surface area contributed by atoms with Crippen LogP contribution in [-0.2, 0) is 6.42 Å². The average Bonchev–Trinajstić information content (AvgIpc) is 3.32. The fourth-order valence-electron chi connectivity index (χ4n) is 3.83. The highest BCUT2D eigenvalue weighted by atomic mass is 15.2. The standard InChI is InChI=1S/C21H25N5/c1-17-23-11-14-26(17)21-16-22-15-19(24-21)20-10-6-13-25(20)12-5-9-18-7-3-2-4-8-18/h2-4,7-8,11,14-16,20H,5-6,9-10,12-13H2,1H3. The van der Waals surface area contributed by atoms with Crippen LogP contribution in [0.4, 0.5) is 0 Å². The first kappa shape index (κ1) is 16.9. The molecule has 0 spiro atoms. The Hall–Kier alpha value is -2.53. The largest absolute Gasteiger partial charge is 0.295 e. The summed E-state index contributed by atoms with van der Waals surface area (Å²) in [6, 6.07) is 11.1. The van der Waals surface area contributed by atoms with E-state index in [1.807, 2.05) is 30.1 Å². The summed E-state index contributed by atoms with van der Waals surface area (Å²) in [6.07, 6.45) is 12.2. The number of likely N-dealkylation sites (tertiary alicyclic amines) is 1. The summed E-state index contributed by atoms with van der Waals surface area (Å²) in [7, 11) is 0. The number of imidazole rings is 1. The van der Waals surface area contributed by atoms with Crippen LogP contribution in [0.2, 0.25) is 0 Å². The molecule has 134 valence electrons. The van der Waals surface area contributed by atoms with Crippen LogP contribution in [0.3, 0.4) is 0 Å². The van der Waals surface area contributed by atoms with Crippen LogP contribution in [0, 0.1) is 6.92 Å². The van der Waals surface area contributed by atoms with Gasteiger partial charge >= 0.3 is 0 Å². The summed E-state index contributed by atoms with van der Waals surface area (Å²) in [5, 5.41) is 0. The van der Waals surface area contributed by atoms with E-state index in [2.05, 4.69) is 45.2 Å². The van der Waals surface area contributed by atoms with Crippen LogP contribution in [0.15, 0.2) is 55.1 Å². The van der Waals surface area contributed by atoms with E-state index in [0.29, 0.717) is 6.04 Å². The number of rotatable bonds is 6. The molecule has 0 bridgehead atoms. The van der Waals surface area contributed by atoms with E-state index in [1.165, 1.54) is 18.4 Å². The monoisotopic (exact) mass is 347 g/mol. The van der Waals surface area contributed by atoms with Crippen molar-refractivity contribution in [2.45, 2.75) is 38.6 Å². The summed E-state index contributed by atoms with van der Waals surface area (Å²) in [4.78, 5) is 16.2. The van der Waals surface area contributed by atoms with Crippen molar-refractivity contribution in [2.24, 2.45) is 0 Å². The first-order valence-electron chi connectivity index (χ1n) is 9.41. The molecule has 1 aliphatic heterocycles. The number of nitrogens with zero attached hydrogens (tertiary/aromatic N) is 5. The van der Waals surface area contributed by atoms with Gasteiger partial charge < -0.3 is 0 Å². The lowest BCUT2D eigenvalue weighted by Crippen LogP contribution is -2.25. The van der Waals surface area contributed by atoms with Crippen LogP contribution in [0.5, 0.6) is 0 Å². The van der Waals surface area contributed by atoms with Gasteiger partial charge in [-0.2, -0.15) is 0 Å². The van der Waals surface area contributed by atoms with Crippen LogP contribution in [-0.4, -0.2) is 37.5 Å². The lowest BCUT2D eigenvalue weighted by Gasteiger charge is -2.24. The van der Waals surface area contributed by atoms with Crippen LogP contribution < -0.4 is 0 Å². The second-order valence-corrected chi connectivity index (χ2v) is 6.93. The Morgan fingerprint density at radius 2 is 2.04 bits per heavy atom. The zero-order valence-electron chi connectivity index (χ0n) is 15.3. The maximum Gasteiger partial charge on any atom is 0.156 e. The van der Waals surface area contributed by atoms with Crippen molar-refractivity contribution < 1.29 is 0 Å². The van der Waals surface area contributed by atoms with Crippen molar-refractivity contribution >= 4 is 0 Å². The van der Waals surface area contributed by atoms with Gasteiger partial charge in [-0.15, -0.1) is 0 Å². The molecule has 0 N–H and O–H groups in total. The lowest BCUT2D eigenvalue weighted by molar-refractivity contribution is 0.249. The summed E-state index contributed by atoms with van der Waals surface area (Å²) in [6.45, 7) is 4.24. The van der Waals surface area contributed by atoms with E-state index in [9.17, 15) is 0 Å². The Morgan fingerprint density at radius 3 is 2.85 bits per heavy atom. The normalized spacial score (nSPS) is 17.7. The highest BCUT2D eigenvalue weighted by Crippen LogP contribution is 2.31. The molecule has 1 saturated heterocycles. The van der Waals surface area contributed by atoms with Gasteiger partial charge in [-0.1, -0.05) is 30.3 Å². The fourth-order valence-corrected chi connectivity index (χ4v) is 3.83. The Labute approximate surface area is 154 Å². The second kappa shape index (κ2) is 7.79. The Morgan fingerprint density at radius 1 is 1.15 bits per heavy atom. The highest BCUT2D eigenvalue weighted by Gasteiger charge is 2.27. The van der Waals surface area contributed by atoms with E-state index >= 15 is 0 Å². The summed E-state index contributed by atoms with van der Waals surface area (Å²) < 4.78 is 1.99. The van der Waals surface area contributed by atoms with Gasteiger partial charge in [0, 0.05) is 12.4 Å². The van der Waals surface area contributed by atoms with E-state index < -0.39 is 0 Å². The SMILES string of the molecule is Cc1nccn1-c1cncc(C2CCCN2CCCc2ccccc2)n1. The molecule has 0 radical (unpaired) electrons. The minimum absolute atomic E-state index is 0.377. The van der Waals surface area contributed by atoms with Crippen LogP contribution >= 0.6 is 0 Å². The first-order chi connectivity index (χ1) is 12.8. The van der Waals surface area contributed by atoms with E-state index in [-0.39, 0.29) is 0 Å². The van der Waals surface area contributed by atoms with Gasteiger partial charge in [0.1, 0.15) is 5.82 Å². The van der Waals surface area contributed by atoms with E-state index in [1.54, 1.807) is 6.20 Å².